The fourth-order valence-electron chi connectivity index (χ4n) is 1.62. The summed E-state index contributed by atoms with van der Waals surface area (Å²) in [4.78, 5) is 14.8. The zero-order valence-corrected chi connectivity index (χ0v) is 7.90. The number of fused-ring (bicyclic) bond motifs is 1. The number of rotatable bonds is 1. The van der Waals surface area contributed by atoms with Crippen molar-refractivity contribution in [1.29, 1.82) is 0 Å². The summed E-state index contributed by atoms with van der Waals surface area (Å²) >= 11 is 0. The van der Waals surface area contributed by atoms with Gasteiger partial charge in [-0.25, -0.2) is 9.78 Å². The second-order valence-corrected chi connectivity index (χ2v) is 3.35. The lowest BCUT2D eigenvalue weighted by Crippen LogP contribution is -2.43. The average molecular weight is 192 g/mol. The normalized spacial score (nSPS) is 19.1. The van der Waals surface area contributed by atoms with Crippen LogP contribution in [-0.4, -0.2) is 21.6 Å². The molecule has 3 N–H and O–H groups in total. The lowest BCUT2D eigenvalue weighted by atomic mass is 10.1. The topological polar surface area (TPSA) is 72.9 Å². The number of amides is 2. The molecule has 0 bridgehead atoms. The molecule has 0 aromatic carbocycles. The van der Waals surface area contributed by atoms with Crippen LogP contribution in [-0.2, 0) is 7.05 Å². The van der Waals surface area contributed by atoms with E-state index in [0.717, 1.165) is 17.1 Å². The summed E-state index contributed by atoms with van der Waals surface area (Å²) in [7, 11) is 1.94. The zero-order chi connectivity index (χ0) is 10.1. The maximum atomic E-state index is 10.6. The molecule has 1 unspecified atom stereocenters. The van der Waals surface area contributed by atoms with Crippen LogP contribution in [0.1, 0.15) is 6.42 Å². The Balaban J connectivity index is 2.35. The van der Waals surface area contributed by atoms with Gasteiger partial charge in [0.2, 0.25) is 0 Å². The molecule has 0 saturated heterocycles. The molecule has 5 nitrogen and oxygen atoms in total. The van der Waals surface area contributed by atoms with Gasteiger partial charge in [-0.3, -0.25) is 0 Å². The first kappa shape index (κ1) is 8.80. The van der Waals surface area contributed by atoms with Crippen molar-refractivity contribution in [3.8, 4) is 0 Å². The highest BCUT2D eigenvalue weighted by Crippen LogP contribution is 1.97. The Kier molecular flexibility index (Phi) is 1.99. The minimum atomic E-state index is -0.501. The summed E-state index contributed by atoms with van der Waals surface area (Å²) in [6, 6.07) is -0.533. The number of nitrogens with one attached hydrogen (secondary N) is 1. The van der Waals surface area contributed by atoms with Crippen molar-refractivity contribution in [2.75, 3.05) is 0 Å². The largest absolute Gasteiger partial charge is 0.352 e. The van der Waals surface area contributed by atoms with Crippen LogP contribution in [0.3, 0.4) is 0 Å². The van der Waals surface area contributed by atoms with Crippen molar-refractivity contribution < 1.29 is 4.79 Å². The fraction of sp³-hybridized carbons (Fsp3) is 0.333. The Morgan fingerprint density at radius 3 is 3.29 bits per heavy atom. The number of hydrogen-bond acceptors (Lipinski definition) is 2. The third-order valence-electron chi connectivity index (χ3n) is 2.26. The van der Waals surface area contributed by atoms with Gasteiger partial charge in [-0.15, -0.1) is 0 Å². The van der Waals surface area contributed by atoms with Crippen molar-refractivity contribution in [2.45, 2.75) is 12.5 Å². The Hall–Kier alpha value is -1.78. The van der Waals surface area contributed by atoms with Gasteiger partial charge >= 0.3 is 6.03 Å². The molecule has 1 aliphatic carbocycles. The molecule has 5 heteroatoms. The van der Waals surface area contributed by atoms with Crippen LogP contribution in [0.4, 0.5) is 4.79 Å². The van der Waals surface area contributed by atoms with E-state index in [9.17, 15) is 4.79 Å². The highest BCUT2D eigenvalue weighted by Gasteiger charge is 2.10. The van der Waals surface area contributed by atoms with E-state index in [1.54, 1.807) is 6.33 Å². The molecule has 1 aromatic rings. The second-order valence-electron chi connectivity index (χ2n) is 3.35. The van der Waals surface area contributed by atoms with Gasteiger partial charge in [-0.2, -0.15) is 0 Å². The number of nitrogens with two attached hydrogens (primary N) is 1. The van der Waals surface area contributed by atoms with Crippen molar-refractivity contribution >= 4 is 18.2 Å². The lowest BCUT2D eigenvalue weighted by molar-refractivity contribution is 0.247. The minimum Gasteiger partial charge on any atom is -0.352 e. The smallest absolute Gasteiger partial charge is 0.312 e. The predicted molar refractivity (Wildman–Crippen MR) is 52.5 cm³/mol. The van der Waals surface area contributed by atoms with Gasteiger partial charge in [0, 0.05) is 7.05 Å². The van der Waals surface area contributed by atoms with E-state index in [0.29, 0.717) is 0 Å². The Morgan fingerprint density at radius 1 is 1.79 bits per heavy atom. The van der Waals surface area contributed by atoms with Crippen LogP contribution in [0.2, 0.25) is 0 Å². The van der Waals surface area contributed by atoms with E-state index in [-0.39, 0.29) is 6.04 Å². The molecule has 74 valence electrons. The first-order chi connectivity index (χ1) is 6.66. The van der Waals surface area contributed by atoms with E-state index in [2.05, 4.69) is 10.3 Å². The fourth-order valence-corrected chi connectivity index (χ4v) is 1.62. The quantitative estimate of drug-likeness (QED) is 0.563. The van der Waals surface area contributed by atoms with E-state index in [1.807, 2.05) is 23.8 Å². The number of aryl methyl sites for hydroxylation is 1. The highest BCUT2D eigenvalue weighted by molar-refractivity contribution is 5.73. The van der Waals surface area contributed by atoms with Crippen LogP contribution in [0, 0.1) is 0 Å². The average Bonchev–Trinajstić information content (AvgIpc) is 2.46. The first-order valence-electron chi connectivity index (χ1n) is 4.42. The number of urea groups is 1. The Morgan fingerprint density at radius 2 is 2.57 bits per heavy atom. The van der Waals surface area contributed by atoms with Gasteiger partial charge in [-0.1, -0.05) is 6.08 Å². The number of primary amides is 1. The number of carbonyl (C=O) groups is 1. The highest BCUT2D eigenvalue weighted by atomic mass is 16.2. The number of imidazole rings is 1. The predicted octanol–water partition coefficient (Wildman–Crippen LogP) is -1.58. The van der Waals surface area contributed by atoms with Crippen LogP contribution in [0.25, 0.3) is 12.2 Å². The minimum absolute atomic E-state index is 0.0325. The molecule has 2 amide bonds. The third kappa shape index (κ3) is 1.48. The third-order valence-corrected chi connectivity index (χ3v) is 2.26. The number of hydrogen-bond donors (Lipinski definition) is 2. The molecular weight excluding hydrogens is 180 g/mol. The van der Waals surface area contributed by atoms with Crippen LogP contribution < -0.4 is 21.7 Å². The molecule has 2 rings (SSSR count). The molecule has 1 aromatic heterocycles. The molecule has 0 spiro atoms. The molecule has 1 atom stereocenters. The van der Waals surface area contributed by atoms with Gasteiger partial charge in [0.05, 0.1) is 23.1 Å². The summed E-state index contributed by atoms with van der Waals surface area (Å²) in [5.74, 6) is 0. The van der Waals surface area contributed by atoms with Gasteiger partial charge in [0.15, 0.2) is 0 Å². The van der Waals surface area contributed by atoms with Gasteiger partial charge in [-0.05, 0) is 12.5 Å². The molecule has 0 fully saturated rings. The van der Waals surface area contributed by atoms with Crippen molar-refractivity contribution in [3.05, 3.63) is 17.0 Å². The Bertz CT molecular complexity index is 473. The Labute approximate surface area is 80.9 Å². The summed E-state index contributed by atoms with van der Waals surface area (Å²) in [5, 5.41) is 4.63. The zero-order valence-electron chi connectivity index (χ0n) is 7.90. The number of aromatic nitrogens is 2. The maximum Gasteiger partial charge on any atom is 0.312 e. The molecule has 0 aliphatic heterocycles. The molecular formula is C9H12N4O. The van der Waals surface area contributed by atoms with Crippen LogP contribution in [0.5, 0.6) is 0 Å². The lowest BCUT2D eigenvalue weighted by Gasteiger charge is -2.12. The SMILES string of the molecule is Cn1cnc2c1=CCC(NC(N)=O)C=2. The van der Waals surface area contributed by atoms with Crippen LogP contribution in [0.15, 0.2) is 6.33 Å². The summed E-state index contributed by atoms with van der Waals surface area (Å²) < 4.78 is 1.95. The summed E-state index contributed by atoms with van der Waals surface area (Å²) in [6.45, 7) is 0. The standard InChI is InChI=1S/C9H12N4O/c1-13-5-11-7-4-6(12-9(10)14)2-3-8(7)13/h3-6H,2H2,1H3,(H3,10,12,14). The first-order valence-corrected chi connectivity index (χ1v) is 4.42. The van der Waals surface area contributed by atoms with E-state index < -0.39 is 6.03 Å². The number of nitrogens with zero attached hydrogens (tertiary/aromatic N) is 2. The summed E-state index contributed by atoms with van der Waals surface area (Å²) in [5.41, 5.74) is 5.04. The van der Waals surface area contributed by atoms with Gasteiger partial charge in [0.1, 0.15) is 0 Å². The van der Waals surface area contributed by atoms with Gasteiger partial charge in [0.25, 0.3) is 0 Å². The maximum absolute atomic E-state index is 10.6. The number of carbonyl (C=O) groups excluding carboxylic acids is 1. The molecule has 14 heavy (non-hydrogen) atoms. The van der Waals surface area contributed by atoms with E-state index in [1.165, 1.54) is 0 Å². The second kappa shape index (κ2) is 3.17. The van der Waals surface area contributed by atoms with Crippen LogP contribution >= 0.6 is 0 Å². The molecule has 1 heterocycles. The van der Waals surface area contributed by atoms with E-state index >= 15 is 0 Å². The van der Waals surface area contributed by atoms with Crippen molar-refractivity contribution in [1.82, 2.24) is 14.9 Å². The molecule has 0 saturated carbocycles. The summed E-state index contributed by atoms with van der Waals surface area (Å²) in [6.07, 6.45) is 6.48. The molecule has 0 radical (unpaired) electrons. The molecule has 1 aliphatic rings. The van der Waals surface area contributed by atoms with Gasteiger partial charge < -0.3 is 15.6 Å². The van der Waals surface area contributed by atoms with Crippen molar-refractivity contribution in [3.63, 3.8) is 0 Å². The van der Waals surface area contributed by atoms with Crippen molar-refractivity contribution in [2.24, 2.45) is 12.8 Å². The van der Waals surface area contributed by atoms with E-state index in [4.69, 9.17) is 5.73 Å². The monoisotopic (exact) mass is 192 g/mol.